The maximum Gasteiger partial charge on any atom is 0.407 e. The third kappa shape index (κ3) is 4.78. The van der Waals surface area contributed by atoms with Gasteiger partial charge in [-0.2, -0.15) is 0 Å². The number of alkyl carbamates (subject to hydrolysis) is 1. The molecule has 12 heteroatoms. The number of rotatable bonds is 9. The van der Waals surface area contributed by atoms with Gasteiger partial charge in [-0.1, -0.05) is 0 Å². The standard InChI is InChI=1S/C12H20N4O8/c17-5-1-13-9(20)24-8-4-16-11(22)14(2-6-18)10(21)15(3-7-19)12(16)23/h17-19H,1-8H2,(H,13,20). The van der Waals surface area contributed by atoms with Crippen LogP contribution in [-0.4, -0.2) is 68.1 Å². The van der Waals surface area contributed by atoms with Crippen LogP contribution < -0.4 is 22.4 Å². The van der Waals surface area contributed by atoms with E-state index in [0.717, 1.165) is 0 Å². The summed E-state index contributed by atoms with van der Waals surface area (Å²) in [6.07, 6.45) is -0.837. The number of amides is 1. The Balaban J connectivity index is 3.05. The molecule has 0 saturated carbocycles. The lowest BCUT2D eigenvalue weighted by Crippen LogP contribution is -2.55. The summed E-state index contributed by atoms with van der Waals surface area (Å²) in [4.78, 5) is 47.5. The van der Waals surface area contributed by atoms with E-state index >= 15 is 0 Å². The zero-order valence-corrected chi connectivity index (χ0v) is 12.9. The topological polar surface area (TPSA) is 165 Å². The average molecular weight is 348 g/mol. The summed E-state index contributed by atoms with van der Waals surface area (Å²) in [5, 5.41) is 28.6. The van der Waals surface area contributed by atoms with E-state index in [0.29, 0.717) is 13.7 Å². The molecule has 0 aliphatic carbocycles. The average Bonchev–Trinajstić information content (AvgIpc) is 2.56. The zero-order chi connectivity index (χ0) is 18.1. The molecule has 0 radical (unpaired) electrons. The van der Waals surface area contributed by atoms with Crippen LogP contribution in [0.3, 0.4) is 0 Å². The van der Waals surface area contributed by atoms with Crippen LogP contribution in [0.25, 0.3) is 0 Å². The van der Waals surface area contributed by atoms with Gasteiger partial charge in [0.2, 0.25) is 0 Å². The maximum absolute atomic E-state index is 12.2. The van der Waals surface area contributed by atoms with Gasteiger partial charge >= 0.3 is 23.2 Å². The highest BCUT2D eigenvalue weighted by atomic mass is 16.5. The Morgan fingerprint density at radius 1 is 0.833 bits per heavy atom. The number of nitrogens with one attached hydrogen (secondary N) is 1. The van der Waals surface area contributed by atoms with Gasteiger partial charge in [0.05, 0.1) is 39.5 Å². The van der Waals surface area contributed by atoms with E-state index in [9.17, 15) is 19.2 Å². The molecule has 0 aliphatic heterocycles. The van der Waals surface area contributed by atoms with Crippen LogP contribution in [0.2, 0.25) is 0 Å². The van der Waals surface area contributed by atoms with Gasteiger partial charge < -0.3 is 25.4 Å². The number of nitrogens with zero attached hydrogens (tertiary/aromatic N) is 3. The first-order valence-corrected chi connectivity index (χ1v) is 7.15. The number of aromatic nitrogens is 3. The van der Waals surface area contributed by atoms with Crippen molar-refractivity contribution in [1.29, 1.82) is 0 Å². The lowest BCUT2D eigenvalue weighted by atomic mass is 10.6. The number of aliphatic hydroxyl groups excluding tert-OH is 3. The van der Waals surface area contributed by atoms with Gasteiger partial charge in [0.25, 0.3) is 0 Å². The van der Waals surface area contributed by atoms with Gasteiger partial charge in [-0.25, -0.2) is 32.9 Å². The van der Waals surface area contributed by atoms with E-state index in [1.54, 1.807) is 0 Å². The molecule has 12 nitrogen and oxygen atoms in total. The van der Waals surface area contributed by atoms with Crippen LogP contribution in [0.5, 0.6) is 0 Å². The van der Waals surface area contributed by atoms with Gasteiger partial charge in [-0.05, 0) is 0 Å². The molecule has 1 aromatic heterocycles. The van der Waals surface area contributed by atoms with Crippen LogP contribution in [0.1, 0.15) is 0 Å². The van der Waals surface area contributed by atoms with Crippen molar-refractivity contribution < 1.29 is 24.9 Å². The molecular weight excluding hydrogens is 328 g/mol. The van der Waals surface area contributed by atoms with Crippen molar-refractivity contribution in [1.82, 2.24) is 19.0 Å². The van der Waals surface area contributed by atoms with Crippen molar-refractivity contribution in [3.05, 3.63) is 31.5 Å². The van der Waals surface area contributed by atoms with E-state index in [1.165, 1.54) is 0 Å². The Kier molecular flexibility index (Phi) is 7.88. The molecule has 0 aliphatic rings. The van der Waals surface area contributed by atoms with Gasteiger partial charge in [-0.3, -0.25) is 0 Å². The number of hydrogen-bond donors (Lipinski definition) is 4. The summed E-state index contributed by atoms with van der Waals surface area (Å²) in [5.41, 5.74) is -2.84. The smallest absolute Gasteiger partial charge is 0.407 e. The quantitative estimate of drug-likeness (QED) is 0.349. The minimum Gasteiger partial charge on any atom is -0.448 e. The molecule has 0 saturated heterocycles. The number of ether oxygens (including phenoxy) is 1. The van der Waals surface area contributed by atoms with Crippen LogP contribution >= 0.6 is 0 Å². The van der Waals surface area contributed by atoms with Crippen molar-refractivity contribution in [3.63, 3.8) is 0 Å². The molecule has 0 atom stereocenters. The van der Waals surface area contributed by atoms with Crippen molar-refractivity contribution in [3.8, 4) is 0 Å². The Hall–Kier alpha value is -2.44. The molecule has 1 heterocycles. The lowest BCUT2D eigenvalue weighted by Gasteiger charge is -2.13. The van der Waals surface area contributed by atoms with Crippen LogP contribution in [0, 0.1) is 0 Å². The molecular formula is C12H20N4O8. The molecule has 4 N–H and O–H groups in total. The molecule has 1 amide bonds. The summed E-state index contributed by atoms with van der Waals surface area (Å²) >= 11 is 0. The summed E-state index contributed by atoms with van der Waals surface area (Å²) < 4.78 is 6.72. The second kappa shape index (κ2) is 9.64. The van der Waals surface area contributed by atoms with E-state index in [4.69, 9.17) is 20.1 Å². The predicted molar refractivity (Wildman–Crippen MR) is 79.8 cm³/mol. The van der Waals surface area contributed by atoms with Crippen molar-refractivity contribution in [2.45, 2.75) is 19.6 Å². The lowest BCUT2D eigenvalue weighted by molar-refractivity contribution is 0.137. The van der Waals surface area contributed by atoms with E-state index < -0.39 is 36.4 Å². The largest absolute Gasteiger partial charge is 0.448 e. The number of carbonyl (C=O) groups excluding carboxylic acids is 1. The Labute approximate surface area is 135 Å². The number of carbonyl (C=O) groups is 1. The second-order valence-electron chi connectivity index (χ2n) is 4.54. The normalized spacial score (nSPS) is 10.6. The van der Waals surface area contributed by atoms with Gasteiger partial charge in [-0.15, -0.1) is 0 Å². The summed E-state index contributed by atoms with van der Waals surface area (Å²) in [6.45, 7) is -2.55. The maximum atomic E-state index is 12.2. The third-order valence-corrected chi connectivity index (χ3v) is 2.96. The Morgan fingerprint density at radius 2 is 1.29 bits per heavy atom. The Bertz CT molecular complexity index is 675. The first kappa shape index (κ1) is 19.6. The molecule has 0 aromatic carbocycles. The van der Waals surface area contributed by atoms with E-state index in [1.807, 2.05) is 0 Å². The molecule has 24 heavy (non-hydrogen) atoms. The fourth-order valence-electron chi connectivity index (χ4n) is 1.90. The highest BCUT2D eigenvalue weighted by Gasteiger charge is 2.15. The van der Waals surface area contributed by atoms with E-state index in [-0.39, 0.29) is 39.4 Å². The van der Waals surface area contributed by atoms with Crippen molar-refractivity contribution >= 4 is 6.09 Å². The van der Waals surface area contributed by atoms with Crippen molar-refractivity contribution in [2.75, 3.05) is 33.0 Å². The van der Waals surface area contributed by atoms with Crippen LogP contribution in [0.15, 0.2) is 14.4 Å². The summed E-state index contributed by atoms with van der Waals surface area (Å²) in [5.74, 6) is 0. The number of hydrogen-bond acceptors (Lipinski definition) is 8. The monoisotopic (exact) mass is 348 g/mol. The van der Waals surface area contributed by atoms with Crippen molar-refractivity contribution in [2.24, 2.45) is 0 Å². The molecule has 0 unspecified atom stereocenters. The molecule has 0 bridgehead atoms. The summed E-state index contributed by atoms with van der Waals surface area (Å²) in [7, 11) is 0. The molecule has 0 spiro atoms. The molecule has 1 aromatic rings. The first-order chi connectivity index (χ1) is 11.5. The zero-order valence-electron chi connectivity index (χ0n) is 12.9. The van der Waals surface area contributed by atoms with Gasteiger partial charge in [0.15, 0.2) is 0 Å². The second-order valence-corrected chi connectivity index (χ2v) is 4.54. The third-order valence-electron chi connectivity index (χ3n) is 2.96. The molecule has 136 valence electrons. The minimum absolute atomic E-state index is 0.0105. The molecule has 0 fully saturated rings. The minimum atomic E-state index is -0.951. The van der Waals surface area contributed by atoms with Crippen LogP contribution in [0.4, 0.5) is 4.79 Å². The van der Waals surface area contributed by atoms with Gasteiger partial charge in [0.1, 0.15) is 6.61 Å². The summed E-state index contributed by atoms with van der Waals surface area (Å²) in [6, 6.07) is 0. The van der Waals surface area contributed by atoms with Gasteiger partial charge in [0, 0.05) is 6.54 Å². The SMILES string of the molecule is O=C(NCCO)OCCn1c(=O)n(CCO)c(=O)n(CCO)c1=O. The fourth-order valence-corrected chi connectivity index (χ4v) is 1.90. The predicted octanol–water partition coefficient (Wildman–Crippen LogP) is -4.13. The highest BCUT2D eigenvalue weighted by molar-refractivity contribution is 5.66. The fraction of sp³-hybridized carbons (Fsp3) is 0.667. The van der Waals surface area contributed by atoms with Crippen LogP contribution in [-0.2, 0) is 24.4 Å². The molecule has 1 rings (SSSR count). The Morgan fingerprint density at radius 3 is 1.71 bits per heavy atom. The first-order valence-electron chi connectivity index (χ1n) is 7.15. The van der Waals surface area contributed by atoms with E-state index in [2.05, 4.69) is 5.32 Å². The number of aliphatic hydroxyl groups is 3. The highest BCUT2D eigenvalue weighted by Crippen LogP contribution is 1.82.